The maximum atomic E-state index is 9.41. The fourth-order valence-corrected chi connectivity index (χ4v) is 1.15. The van der Waals surface area contributed by atoms with Crippen LogP contribution in [0.15, 0.2) is 23.8 Å². The topological polar surface area (TPSA) is 46.2 Å². The Morgan fingerprint density at radius 2 is 2.36 bits per heavy atom. The molecule has 0 fully saturated rings. The van der Waals surface area contributed by atoms with Crippen molar-refractivity contribution in [2.75, 3.05) is 6.54 Å². The second kappa shape index (κ2) is 3.69. The van der Waals surface area contributed by atoms with Gasteiger partial charge in [0, 0.05) is 5.92 Å². The SMILES string of the molecule is CC1C=CC(CCN)=CC1O. The van der Waals surface area contributed by atoms with E-state index in [2.05, 4.69) is 0 Å². The van der Waals surface area contributed by atoms with Gasteiger partial charge in [-0.3, -0.25) is 0 Å². The first-order valence-electron chi connectivity index (χ1n) is 4.01. The molecule has 3 N–H and O–H groups in total. The van der Waals surface area contributed by atoms with E-state index in [-0.39, 0.29) is 12.0 Å². The molecule has 0 aromatic heterocycles. The van der Waals surface area contributed by atoms with Gasteiger partial charge in [0.2, 0.25) is 0 Å². The first-order chi connectivity index (χ1) is 5.24. The predicted octanol–water partition coefficient (Wildman–Crippen LogP) is 0.828. The molecule has 2 heteroatoms. The molecule has 0 spiro atoms. The zero-order chi connectivity index (χ0) is 8.27. The van der Waals surface area contributed by atoms with E-state index in [4.69, 9.17) is 5.73 Å². The molecule has 2 nitrogen and oxygen atoms in total. The largest absolute Gasteiger partial charge is 0.388 e. The van der Waals surface area contributed by atoms with Crippen LogP contribution in [-0.4, -0.2) is 17.8 Å². The number of aliphatic hydroxyl groups is 1. The van der Waals surface area contributed by atoms with Crippen LogP contribution in [0.25, 0.3) is 0 Å². The summed E-state index contributed by atoms with van der Waals surface area (Å²) in [6.07, 6.45) is 6.50. The molecule has 0 saturated carbocycles. The lowest BCUT2D eigenvalue weighted by atomic mass is 9.94. The van der Waals surface area contributed by atoms with E-state index < -0.39 is 0 Å². The van der Waals surface area contributed by atoms with Gasteiger partial charge in [-0.25, -0.2) is 0 Å². The van der Waals surface area contributed by atoms with Crippen LogP contribution in [0.5, 0.6) is 0 Å². The zero-order valence-electron chi connectivity index (χ0n) is 6.83. The average molecular weight is 153 g/mol. The molecule has 0 bridgehead atoms. The van der Waals surface area contributed by atoms with Crippen LogP contribution in [0.4, 0.5) is 0 Å². The first kappa shape index (κ1) is 8.50. The van der Waals surface area contributed by atoms with E-state index in [9.17, 15) is 5.11 Å². The minimum absolute atomic E-state index is 0.247. The normalized spacial score (nSPS) is 30.3. The van der Waals surface area contributed by atoms with Crippen LogP contribution < -0.4 is 5.73 Å². The van der Waals surface area contributed by atoms with Crippen molar-refractivity contribution in [2.24, 2.45) is 11.7 Å². The summed E-state index contributed by atoms with van der Waals surface area (Å²) in [4.78, 5) is 0. The van der Waals surface area contributed by atoms with Gasteiger partial charge in [-0.05, 0) is 18.5 Å². The lowest BCUT2D eigenvalue weighted by Crippen LogP contribution is -2.16. The lowest BCUT2D eigenvalue weighted by molar-refractivity contribution is 0.182. The number of nitrogens with two attached hydrogens (primary N) is 1. The molecule has 2 unspecified atom stereocenters. The van der Waals surface area contributed by atoms with Gasteiger partial charge in [0.15, 0.2) is 0 Å². The molecule has 2 atom stereocenters. The average Bonchev–Trinajstić information content (AvgIpc) is 1.98. The zero-order valence-corrected chi connectivity index (χ0v) is 6.83. The second-order valence-electron chi connectivity index (χ2n) is 2.99. The Morgan fingerprint density at radius 3 is 2.91 bits per heavy atom. The Labute approximate surface area is 67.4 Å². The summed E-state index contributed by atoms with van der Waals surface area (Å²) in [6.45, 7) is 2.65. The summed E-state index contributed by atoms with van der Waals surface area (Å²) in [6, 6.07) is 0. The predicted molar refractivity (Wildman–Crippen MR) is 46.1 cm³/mol. The first-order valence-corrected chi connectivity index (χ1v) is 4.01. The van der Waals surface area contributed by atoms with Gasteiger partial charge < -0.3 is 10.8 Å². The molecular weight excluding hydrogens is 138 g/mol. The van der Waals surface area contributed by atoms with Crippen LogP contribution in [0.3, 0.4) is 0 Å². The molecule has 0 aromatic carbocycles. The summed E-state index contributed by atoms with van der Waals surface area (Å²) in [5.41, 5.74) is 6.53. The Balaban J connectivity index is 2.57. The highest BCUT2D eigenvalue weighted by atomic mass is 16.3. The molecule has 0 aliphatic heterocycles. The van der Waals surface area contributed by atoms with Crippen LogP contribution in [0, 0.1) is 5.92 Å². The molecule has 1 rings (SSSR count). The van der Waals surface area contributed by atoms with Crippen molar-refractivity contribution in [2.45, 2.75) is 19.4 Å². The third-order valence-corrected chi connectivity index (χ3v) is 1.97. The van der Waals surface area contributed by atoms with Crippen LogP contribution in [0.2, 0.25) is 0 Å². The molecule has 0 aromatic rings. The van der Waals surface area contributed by atoms with Crippen molar-refractivity contribution in [3.63, 3.8) is 0 Å². The quantitative estimate of drug-likeness (QED) is 0.617. The number of rotatable bonds is 2. The molecule has 1 aliphatic rings. The van der Waals surface area contributed by atoms with Gasteiger partial charge in [0.05, 0.1) is 6.10 Å². The van der Waals surface area contributed by atoms with E-state index in [1.54, 1.807) is 0 Å². The highest BCUT2D eigenvalue weighted by Crippen LogP contribution is 2.17. The minimum atomic E-state index is -0.318. The van der Waals surface area contributed by atoms with Crippen LogP contribution in [-0.2, 0) is 0 Å². The maximum absolute atomic E-state index is 9.41. The van der Waals surface area contributed by atoms with Crippen molar-refractivity contribution < 1.29 is 5.11 Å². The van der Waals surface area contributed by atoms with Gasteiger partial charge in [-0.15, -0.1) is 0 Å². The van der Waals surface area contributed by atoms with Crippen LogP contribution >= 0.6 is 0 Å². The highest BCUT2D eigenvalue weighted by Gasteiger charge is 2.12. The molecule has 0 saturated heterocycles. The molecular formula is C9H15NO. The highest BCUT2D eigenvalue weighted by molar-refractivity contribution is 5.26. The van der Waals surface area contributed by atoms with Gasteiger partial charge in [-0.2, -0.15) is 0 Å². The standard InChI is InChI=1S/C9H15NO/c1-7-2-3-8(4-5-10)6-9(7)11/h2-3,6-7,9,11H,4-5,10H2,1H3. The summed E-state index contributed by atoms with van der Waals surface area (Å²) in [5.74, 6) is 0.247. The van der Waals surface area contributed by atoms with Gasteiger partial charge in [0.25, 0.3) is 0 Å². The molecule has 0 amide bonds. The Hall–Kier alpha value is -0.600. The molecule has 62 valence electrons. The number of hydrogen-bond donors (Lipinski definition) is 2. The summed E-state index contributed by atoms with van der Waals surface area (Å²) >= 11 is 0. The fourth-order valence-electron chi connectivity index (χ4n) is 1.15. The molecule has 11 heavy (non-hydrogen) atoms. The third-order valence-electron chi connectivity index (χ3n) is 1.97. The summed E-state index contributed by atoms with van der Waals surface area (Å²) < 4.78 is 0. The van der Waals surface area contributed by atoms with E-state index in [1.165, 1.54) is 0 Å². The van der Waals surface area contributed by atoms with E-state index in [0.717, 1.165) is 12.0 Å². The van der Waals surface area contributed by atoms with Crippen LogP contribution in [0.1, 0.15) is 13.3 Å². The van der Waals surface area contributed by atoms with Crippen molar-refractivity contribution in [3.8, 4) is 0 Å². The molecule has 1 aliphatic carbocycles. The lowest BCUT2D eigenvalue weighted by Gasteiger charge is -2.17. The van der Waals surface area contributed by atoms with E-state index in [0.29, 0.717) is 6.54 Å². The molecule has 0 heterocycles. The van der Waals surface area contributed by atoms with Crippen molar-refractivity contribution >= 4 is 0 Å². The van der Waals surface area contributed by atoms with Gasteiger partial charge in [0.1, 0.15) is 0 Å². The van der Waals surface area contributed by atoms with Crippen molar-refractivity contribution in [3.05, 3.63) is 23.8 Å². The van der Waals surface area contributed by atoms with E-state index >= 15 is 0 Å². The summed E-state index contributed by atoms with van der Waals surface area (Å²) in [7, 11) is 0. The molecule has 0 radical (unpaired) electrons. The van der Waals surface area contributed by atoms with E-state index in [1.807, 2.05) is 25.2 Å². The second-order valence-corrected chi connectivity index (χ2v) is 2.99. The maximum Gasteiger partial charge on any atom is 0.0786 e. The summed E-state index contributed by atoms with van der Waals surface area (Å²) in [5, 5.41) is 9.41. The third kappa shape index (κ3) is 2.17. The van der Waals surface area contributed by atoms with Crippen molar-refractivity contribution in [1.29, 1.82) is 0 Å². The Kier molecular flexibility index (Phi) is 2.85. The monoisotopic (exact) mass is 153 g/mol. The van der Waals surface area contributed by atoms with Gasteiger partial charge in [-0.1, -0.05) is 25.2 Å². The van der Waals surface area contributed by atoms with Crippen molar-refractivity contribution in [1.82, 2.24) is 0 Å². The Morgan fingerprint density at radius 1 is 1.64 bits per heavy atom. The minimum Gasteiger partial charge on any atom is -0.388 e. The fraction of sp³-hybridized carbons (Fsp3) is 0.556. The smallest absolute Gasteiger partial charge is 0.0786 e. The van der Waals surface area contributed by atoms with Gasteiger partial charge >= 0.3 is 0 Å². The Bertz CT molecular complexity index is 184. The number of allylic oxidation sites excluding steroid dienone is 1. The number of aliphatic hydroxyl groups excluding tert-OH is 1. The number of hydrogen-bond acceptors (Lipinski definition) is 2.